The fourth-order valence-electron chi connectivity index (χ4n) is 1.78. The molecule has 3 heteroatoms. The molecule has 0 bridgehead atoms. The third-order valence-corrected chi connectivity index (χ3v) is 3.07. The summed E-state index contributed by atoms with van der Waals surface area (Å²) in [6, 6.07) is 0. The lowest BCUT2D eigenvalue weighted by Crippen LogP contribution is -2.34. The fraction of sp³-hybridized carbons (Fsp3) is 0.900. The van der Waals surface area contributed by atoms with Crippen LogP contribution in [0.4, 0.5) is 0 Å². The molecular formula is C10H18BrNO. The molecule has 1 N–H and O–H groups in total. The first kappa shape index (κ1) is 11.0. The summed E-state index contributed by atoms with van der Waals surface area (Å²) in [6.45, 7) is 2.73. The maximum atomic E-state index is 11.2. The second kappa shape index (κ2) is 5.63. The Morgan fingerprint density at radius 3 is 2.62 bits per heavy atom. The van der Waals surface area contributed by atoms with Gasteiger partial charge in [-0.3, -0.25) is 4.79 Å². The molecule has 76 valence electrons. The summed E-state index contributed by atoms with van der Waals surface area (Å²) in [6.07, 6.45) is 6.63. The Hall–Kier alpha value is -0.0500. The van der Waals surface area contributed by atoms with Crippen LogP contribution in [0.5, 0.6) is 0 Å². The Kier molecular flexibility index (Phi) is 4.78. The number of amides is 1. The number of carbonyl (C=O) groups excluding carboxylic acids is 1. The highest BCUT2D eigenvalue weighted by Gasteiger charge is 2.15. The molecule has 0 aromatic heterocycles. The monoisotopic (exact) mass is 247 g/mol. The molecule has 13 heavy (non-hydrogen) atoms. The van der Waals surface area contributed by atoms with Gasteiger partial charge in [-0.05, 0) is 25.7 Å². The number of hydrogen-bond acceptors (Lipinski definition) is 1. The van der Waals surface area contributed by atoms with E-state index < -0.39 is 0 Å². The average molecular weight is 248 g/mol. The second-order valence-corrected chi connectivity index (χ2v) is 5.24. The van der Waals surface area contributed by atoms with Gasteiger partial charge in [-0.25, -0.2) is 0 Å². The van der Waals surface area contributed by atoms with Crippen molar-refractivity contribution in [1.82, 2.24) is 5.32 Å². The van der Waals surface area contributed by atoms with E-state index in [1.807, 2.05) is 6.92 Å². The largest absolute Gasteiger partial charge is 0.355 e. The lowest BCUT2D eigenvalue weighted by Gasteiger charge is -2.21. The SMILES string of the molecule is CC(Br)C(=O)NCC1CCCCC1. The minimum absolute atomic E-state index is 0.0592. The Morgan fingerprint density at radius 2 is 2.08 bits per heavy atom. The summed E-state index contributed by atoms with van der Waals surface area (Å²) in [5.41, 5.74) is 0. The first-order valence-corrected chi connectivity index (χ1v) is 6.03. The number of hydrogen-bond donors (Lipinski definition) is 1. The molecule has 1 aliphatic rings. The molecule has 0 aromatic carbocycles. The molecule has 1 saturated carbocycles. The molecule has 0 aliphatic heterocycles. The minimum Gasteiger partial charge on any atom is -0.355 e. The number of carbonyl (C=O) groups is 1. The van der Waals surface area contributed by atoms with E-state index in [9.17, 15) is 4.79 Å². The summed E-state index contributed by atoms with van der Waals surface area (Å²) < 4.78 is 0. The van der Waals surface area contributed by atoms with Gasteiger partial charge in [0, 0.05) is 6.54 Å². The van der Waals surface area contributed by atoms with Crippen molar-refractivity contribution in [2.24, 2.45) is 5.92 Å². The highest BCUT2D eigenvalue weighted by Crippen LogP contribution is 2.22. The average Bonchev–Trinajstić information content (AvgIpc) is 2.15. The van der Waals surface area contributed by atoms with Gasteiger partial charge in [-0.1, -0.05) is 35.2 Å². The number of nitrogens with one attached hydrogen (secondary N) is 1. The molecule has 0 radical (unpaired) electrons. The normalized spacial score (nSPS) is 21.1. The summed E-state index contributed by atoms with van der Waals surface area (Å²) in [5.74, 6) is 0.842. The molecule has 0 heterocycles. The van der Waals surface area contributed by atoms with E-state index in [0.717, 1.165) is 12.5 Å². The first-order chi connectivity index (χ1) is 6.20. The van der Waals surface area contributed by atoms with Gasteiger partial charge in [-0.15, -0.1) is 0 Å². The minimum atomic E-state index is -0.0592. The Balaban J connectivity index is 2.13. The van der Waals surface area contributed by atoms with Crippen molar-refractivity contribution in [1.29, 1.82) is 0 Å². The van der Waals surface area contributed by atoms with Crippen molar-refractivity contribution in [3.8, 4) is 0 Å². The summed E-state index contributed by atoms with van der Waals surface area (Å²) in [5, 5.41) is 2.97. The molecule has 0 aromatic rings. The van der Waals surface area contributed by atoms with Crippen LogP contribution in [0.1, 0.15) is 39.0 Å². The van der Waals surface area contributed by atoms with Crippen LogP contribution in [0.2, 0.25) is 0 Å². The van der Waals surface area contributed by atoms with Crippen molar-refractivity contribution >= 4 is 21.8 Å². The van der Waals surface area contributed by atoms with Crippen molar-refractivity contribution in [2.45, 2.75) is 43.9 Å². The third-order valence-electron chi connectivity index (χ3n) is 2.65. The van der Waals surface area contributed by atoms with E-state index in [4.69, 9.17) is 0 Å². The van der Waals surface area contributed by atoms with Crippen LogP contribution in [0.15, 0.2) is 0 Å². The van der Waals surface area contributed by atoms with Gasteiger partial charge in [-0.2, -0.15) is 0 Å². The van der Waals surface area contributed by atoms with Gasteiger partial charge in [0.1, 0.15) is 0 Å². The maximum Gasteiger partial charge on any atom is 0.233 e. The van der Waals surface area contributed by atoms with Gasteiger partial charge >= 0.3 is 0 Å². The van der Waals surface area contributed by atoms with Crippen molar-refractivity contribution < 1.29 is 4.79 Å². The van der Waals surface area contributed by atoms with Crippen LogP contribution in [-0.4, -0.2) is 17.3 Å². The van der Waals surface area contributed by atoms with Crippen LogP contribution < -0.4 is 5.32 Å². The third kappa shape index (κ3) is 4.12. The van der Waals surface area contributed by atoms with Crippen molar-refractivity contribution in [2.75, 3.05) is 6.54 Å². The van der Waals surface area contributed by atoms with Crippen LogP contribution in [0.3, 0.4) is 0 Å². The molecule has 1 fully saturated rings. The summed E-state index contributed by atoms with van der Waals surface area (Å²) in [7, 11) is 0. The zero-order valence-corrected chi connectivity index (χ0v) is 9.77. The van der Waals surface area contributed by atoms with Crippen molar-refractivity contribution in [3.63, 3.8) is 0 Å². The zero-order valence-electron chi connectivity index (χ0n) is 8.18. The molecule has 2 nitrogen and oxygen atoms in total. The first-order valence-electron chi connectivity index (χ1n) is 5.12. The van der Waals surface area contributed by atoms with Gasteiger partial charge in [0.15, 0.2) is 0 Å². The van der Waals surface area contributed by atoms with Crippen LogP contribution in [-0.2, 0) is 4.79 Å². The van der Waals surface area contributed by atoms with Gasteiger partial charge in [0.2, 0.25) is 5.91 Å². The molecule has 0 saturated heterocycles. The standard InChI is InChI=1S/C10H18BrNO/c1-8(11)10(13)12-7-9-5-3-2-4-6-9/h8-9H,2-7H2,1H3,(H,12,13). The Labute approximate surface area is 88.6 Å². The van der Waals surface area contributed by atoms with Gasteiger partial charge in [0.05, 0.1) is 4.83 Å². The fourth-order valence-corrected chi connectivity index (χ4v) is 1.94. The molecule has 1 amide bonds. The molecule has 1 unspecified atom stereocenters. The predicted octanol–water partition coefficient (Wildman–Crippen LogP) is 2.47. The lowest BCUT2D eigenvalue weighted by molar-refractivity contribution is -0.120. The maximum absolute atomic E-state index is 11.2. The van der Waals surface area contributed by atoms with Gasteiger partial charge < -0.3 is 5.32 Å². The highest BCUT2D eigenvalue weighted by molar-refractivity contribution is 9.10. The molecule has 0 spiro atoms. The van der Waals surface area contributed by atoms with E-state index in [0.29, 0.717) is 0 Å². The summed E-state index contributed by atoms with van der Waals surface area (Å²) in [4.78, 5) is 11.2. The van der Waals surface area contributed by atoms with E-state index in [-0.39, 0.29) is 10.7 Å². The molecule has 1 atom stereocenters. The van der Waals surface area contributed by atoms with Crippen LogP contribution >= 0.6 is 15.9 Å². The van der Waals surface area contributed by atoms with Gasteiger partial charge in [0.25, 0.3) is 0 Å². The highest BCUT2D eigenvalue weighted by atomic mass is 79.9. The quantitative estimate of drug-likeness (QED) is 0.764. The van der Waals surface area contributed by atoms with E-state index in [1.54, 1.807) is 0 Å². The van der Waals surface area contributed by atoms with E-state index >= 15 is 0 Å². The Bertz CT molecular complexity index is 164. The topological polar surface area (TPSA) is 29.1 Å². The van der Waals surface area contributed by atoms with Crippen LogP contribution in [0.25, 0.3) is 0 Å². The molecule has 1 rings (SSSR count). The number of rotatable bonds is 3. The van der Waals surface area contributed by atoms with E-state index in [2.05, 4.69) is 21.2 Å². The summed E-state index contributed by atoms with van der Waals surface area (Å²) >= 11 is 3.25. The molecule has 1 aliphatic carbocycles. The number of halogens is 1. The zero-order chi connectivity index (χ0) is 9.68. The number of alkyl halides is 1. The van der Waals surface area contributed by atoms with Crippen LogP contribution in [0, 0.1) is 5.92 Å². The molecular weight excluding hydrogens is 230 g/mol. The van der Waals surface area contributed by atoms with E-state index in [1.165, 1.54) is 32.1 Å². The second-order valence-electron chi connectivity index (χ2n) is 3.87. The smallest absolute Gasteiger partial charge is 0.233 e. The lowest BCUT2D eigenvalue weighted by atomic mass is 9.89. The Morgan fingerprint density at radius 1 is 1.46 bits per heavy atom. The van der Waals surface area contributed by atoms with Crippen molar-refractivity contribution in [3.05, 3.63) is 0 Å². The predicted molar refractivity (Wildman–Crippen MR) is 58.0 cm³/mol.